The molecule has 1 aromatic carbocycles. The molecule has 1 heterocycles. The van der Waals surface area contributed by atoms with Crippen molar-refractivity contribution in [1.82, 2.24) is 10.1 Å². The number of nitrogens with zero attached hydrogens (tertiary/aromatic N) is 3. The van der Waals surface area contributed by atoms with Crippen molar-refractivity contribution in [2.24, 2.45) is 0 Å². The van der Waals surface area contributed by atoms with Crippen molar-refractivity contribution in [3.05, 3.63) is 40.3 Å². The molecule has 98 valence electrons. The fourth-order valence-corrected chi connectivity index (χ4v) is 1.42. The minimum Gasteiger partial charge on any atom is -0.481 e. The highest BCUT2D eigenvalue weighted by Gasteiger charge is 2.11. The maximum Gasteiger partial charge on any atom is 0.303 e. The summed E-state index contributed by atoms with van der Waals surface area (Å²) < 4.78 is 4.89. The lowest BCUT2D eigenvalue weighted by atomic mass is 10.2. The molecule has 0 atom stereocenters. The van der Waals surface area contributed by atoms with Crippen LogP contribution >= 0.6 is 0 Å². The van der Waals surface area contributed by atoms with E-state index in [1.165, 1.54) is 24.3 Å². The third kappa shape index (κ3) is 3.12. The van der Waals surface area contributed by atoms with E-state index in [2.05, 4.69) is 10.1 Å². The van der Waals surface area contributed by atoms with E-state index >= 15 is 0 Å². The van der Waals surface area contributed by atoms with Gasteiger partial charge >= 0.3 is 5.97 Å². The summed E-state index contributed by atoms with van der Waals surface area (Å²) in [6, 6.07) is 5.68. The van der Waals surface area contributed by atoms with Crippen LogP contribution in [-0.2, 0) is 11.2 Å². The zero-order valence-corrected chi connectivity index (χ0v) is 9.65. The van der Waals surface area contributed by atoms with Gasteiger partial charge in [0.25, 0.3) is 5.69 Å². The fourth-order valence-electron chi connectivity index (χ4n) is 1.42. The van der Waals surface area contributed by atoms with Gasteiger partial charge in [-0.1, -0.05) is 5.16 Å². The normalized spacial score (nSPS) is 10.3. The molecule has 0 spiro atoms. The number of hydrogen-bond acceptors (Lipinski definition) is 6. The van der Waals surface area contributed by atoms with E-state index in [0.29, 0.717) is 5.56 Å². The quantitative estimate of drug-likeness (QED) is 0.643. The Morgan fingerprint density at radius 1 is 1.37 bits per heavy atom. The first-order chi connectivity index (χ1) is 9.06. The molecule has 2 rings (SSSR count). The lowest BCUT2D eigenvalue weighted by molar-refractivity contribution is -0.384. The fraction of sp³-hybridized carbons (Fsp3) is 0.182. The molecular weight excluding hydrogens is 254 g/mol. The van der Waals surface area contributed by atoms with Crippen LogP contribution in [0.2, 0.25) is 0 Å². The number of nitro groups is 1. The maximum atomic E-state index is 10.5. The molecule has 0 unspecified atom stereocenters. The van der Waals surface area contributed by atoms with Crippen molar-refractivity contribution in [3.8, 4) is 11.4 Å². The minimum absolute atomic E-state index is 0.0293. The summed E-state index contributed by atoms with van der Waals surface area (Å²) >= 11 is 0. The number of carboxylic acid groups (broad SMARTS) is 1. The molecule has 0 saturated heterocycles. The summed E-state index contributed by atoms with van der Waals surface area (Å²) in [5, 5.41) is 22.7. The molecule has 0 amide bonds. The molecule has 0 bridgehead atoms. The molecule has 2 aromatic rings. The summed E-state index contributed by atoms with van der Waals surface area (Å²) in [5.41, 5.74) is 0.536. The van der Waals surface area contributed by atoms with Gasteiger partial charge in [-0.2, -0.15) is 4.98 Å². The molecular formula is C11H9N3O5. The minimum atomic E-state index is -0.949. The van der Waals surface area contributed by atoms with Crippen LogP contribution in [0.4, 0.5) is 5.69 Å². The van der Waals surface area contributed by atoms with E-state index in [9.17, 15) is 14.9 Å². The second-order valence-electron chi connectivity index (χ2n) is 3.71. The van der Waals surface area contributed by atoms with Crippen LogP contribution in [0.3, 0.4) is 0 Å². The number of aliphatic carboxylic acids is 1. The average molecular weight is 263 g/mol. The van der Waals surface area contributed by atoms with Crippen molar-refractivity contribution in [2.45, 2.75) is 12.8 Å². The molecule has 8 heteroatoms. The Bertz CT molecular complexity index is 605. The topological polar surface area (TPSA) is 119 Å². The Hall–Kier alpha value is -2.77. The smallest absolute Gasteiger partial charge is 0.303 e. The molecule has 0 aliphatic rings. The molecule has 0 aliphatic heterocycles. The van der Waals surface area contributed by atoms with E-state index in [1.54, 1.807) is 0 Å². The third-order valence-corrected chi connectivity index (χ3v) is 2.36. The Morgan fingerprint density at radius 2 is 2.05 bits per heavy atom. The first kappa shape index (κ1) is 12.7. The van der Waals surface area contributed by atoms with Gasteiger partial charge in [0.2, 0.25) is 11.7 Å². The predicted molar refractivity (Wildman–Crippen MR) is 62.3 cm³/mol. The van der Waals surface area contributed by atoms with Gasteiger partial charge in [-0.15, -0.1) is 0 Å². The molecule has 1 N–H and O–H groups in total. The number of rotatable bonds is 5. The highest BCUT2D eigenvalue weighted by molar-refractivity contribution is 5.66. The summed E-state index contributed by atoms with van der Waals surface area (Å²) in [5.74, 6) is -0.457. The number of aromatic nitrogens is 2. The summed E-state index contributed by atoms with van der Waals surface area (Å²) in [6.45, 7) is 0. The van der Waals surface area contributed by atoms with Gasteiger partial charge in [-0.3, -0.25) is 14.9 Å². The van der Waals surface area contributed by atoms with Crippen molar-refractivity contribution in [2.75, 3.05) is 0 Å². The van der Waals surface area contributed by atoms with E-state index < -0.39 is 10.9 Å². The molecule has 0 radical (unpaired) electrons. The number of carboxylic acids is 1. The van der Waals surface area contributed by atoms with Gasteiger partial charge in [-0.25, -0.2) is 0 Å². The second-order valence-corrected chi connectivity index (χ2v) is 3.71. The van der Waals surface area contributed by atoms with Crippen LogP contribution < -0.4 is 0 Å². The monoisotopic (exact) mass is 263 g/mol. The Balaban J connectivity index is 2.13. The summed E-state index contributed by atoms with van der Waals surface area (Å²) in [4.78, 5) is 24.4. The zero-order valence-electron chi connectivity index (χ0n) is 9.65. The highest BCUT2D eigenvalue weighted by atomic mass is 16.6. The molecule has 0 aliphatic carbocycles. The number of benzene rings is 1. The molecule has 0 saturated carbocycles. The van der Waals surface area contributed by atoms with Gasteiger partial charge < -0.3 is 9.63 Å². The molecule has 19 heavy (non-hydrogen) atoms. The van der Waals surface area contributed by atoms with Crippen LogP contribution in [0.1, 0.15) is 12.3 Å². The Morgan fingerprint density at radius 3 is 2.63 bits per heavy atom. The number of non-ortho nitro benzene ring substituents is 1. The summed E-state index contributed by atoms with van der Waals surface area (Å²) in [7, 11) is 0. The van der Waals surface area contributed by atoms with E-state index in [4.69, 9.17) is 9.63 Å². The van der Waals surface area contributed by atoms with Gasteiger partial charge in [-0.05, 0) is 12.1 Å². The molecule has 0 fully saturated rings. The van der Waals surface area contributed by atoms with E-state index in [1.807, 2.05) is 0 Å². The highest BCUT2D eigenvalue weighted by Crippen LogP contribution is 2.20. The summed E-state index contributed by atoms with van der Waals surface area (Å²) in [6.07, 6.45) is 0.0528. The lowest BCUT2D eigenvalue weighted by Gasteiger charge is -1.93. The maximum absolute atomic E-state index is 10.5. The standard InChI is InChI=1S/C11H9N3O5/c15-10(16)6-5-9-12-11(13-19-9)7-1-3-8(4-2-7)14(17)18/h1-4H,5-6H2,(H,15,16). The van der Waals surface area contributed by atoms with Crippen LogP contribution in [-0.4, -0.2) is 26.1 Å². The van der Waals surface area contributed by atoms with Crippen LogP contribution in [0, 0.1) is 10.1 Å². The SMILES string of the molecule is O=C(O)CCc1nc(-c2ccc([N+](=O)[O-])cc2)no1. The Labute approximate surface area is 106 Å². The van der Waals surface area contributed by atoms with Gasteiger partial charge in [0.05, 0.1) is 11.3 Å². The lowest BCUT2D eigenvalue weighted by Crippen LogP contribution is -1.97. The molecule has 8 nitrogen and oxygen atoms in total. The predicted octanol–water partition coefficient (Wildman–Crippen LogP) is 1.66. The van der Waals surface area contributed by atoms with Crippen LogP contribution in [0.25, 0.3) is 11.4 Å². The second kappa shape index (κ2) is 5.25. The van der Waals surface area contributed by atoms with E-state index in [-0.39, 0.29) is 30.2 Å². The van der Waals surface area contributed by atoms with Gasteiger partial charge in [0.15, 0.2) is 0 Å². The van der Waals surface area contributed by atoms with Crippen molar-refractivity contribution >= 4 is 11.7 Å². The number of carbonyl (C=O) groups is 1. The van der Waals surface area contributed by atoms with Crippen molar-refractivity contribution < 1.29 is 19.3 Å². The van der Waals surface area contributed by atoms with Gasteiger partial charge in [0, 0.05) is 24.1 Å². The van der Waals surface area contributed by atoms with E-state index in [0.717, 1.165) is 0 Å². The van der Waals surface area contributed by atoms with Crippen molar-refractivity contribution in [1.29, 1.82) is 0 Å². The first-order valence-corrected chi connectivity index (χ1v) is 5.35. The molecule has 1 aromatic heterocycles. The van der Waals surface area contributed by atoms with Crippen LogP contribution in [0.15, 0.2) is 28.8 Å². The number of hydrogen-bond donors (Lipinski definition) is 1. The Kier molecular flexibility index (Phi) is 3.51. The van der Waals surface area contributed by atoms with Crippen molar-refractivity contribution in [3.63, 3.8) is 0 Å². The van der Waals surface area contributed by atoms with Crippen LogP contribution in [0.5, 0.6) is 0 Å². The number of nitro benzene ring substituents is 1. The third-order valence-electron chi connectivity index (χ3n) is 2.36. The largest absolute Gasteiger partial charge is 0.481 e. The van der Waals surface area contributed by atoms with Gasteiger partial charge in [0.1, 0.15) is 0 Å². The number of aryl methyl sites for hydroxylation is 1. The first-order valence-electron chi connectivity index (χ1n) is 5.35. The average Bonchev–Trinajstić information content (AvgIpc) is 2.85. The zero-order chi connectivity index (χ0) is 13.8.